The Labute approximate surface area is 150 Å². The summed E-state index contributed by atoms with van der Waals surface area (Å²) in [6.45, 7) is 7.64. The number of sulfonamides is 1. The monoisotopic (exact) mass is 369 g/mol. The highest BCUT2D eigenvalue weighted by Gasteiger charge is 2.22. The summed E-state index contributed by atoms with van der Waals surface area (Å²) in [5.74, 6) is -0.471. The third-order valence-corrected chi connectivity index (χ3v) is 4.35. The van der Waals surface area contributed by atoms with E-state index in [1.165, 1.54) is 0 Å². The van der Waals surface area contributed by atoms with Crippen molar-refractivity contribution in [1.29, 1.82) is 0 Å². The first kappa shape index (κ1) is 21.2. The van der Waals surface area contributed by atoms with Crippen molar-refractivity contribution in [2.45, 2.75) is 39.9 Å². The largest absolute Gasteiger partial charge is 0.443 e. The lowest BCUT2D eigenvalue weighted by Crippen LogP contribution is -2.38. The molecule has 0 aliphatic rings. The number of carbonyl (C=O) groups excluding carboxylic acids is 1. The molecule has 1 aromatic carbocycles. The van der Waals surface area contributed by atoms with Gasteiger partial charge in [-0.25, -0.2) is 17.9 Å². The Morgan fingerprint density at radius 2 is 1.88 bits per heavy atom. The van der Waals surface area contributed by atoms with Crippen molar-refractivity contribution in [3.05, 3.63) is 48.0 Å². The van der Waals surface area contributed by atoms with Crippen LogP contribution in [0.4, 0.5) is 4.79 Å². The molecule has 1 rings (SSSR count). The average Bonchev–Trinajstić information content (AvgIpc) is 2.44. The van der Waals surface area contributed by atoms with Crippen LogP contribution in [0.25, 0.3) is 0 Å². The summed E-state index contributed by atoms with van der Waals surface area (Å²) in [6, 6.07) is 9.78. The van der Waals surface area contributed by atoms with Crippen LogP contribution >= 0.6 is 0 Å². The van der Waals surface area contributed by atoms with Gasteiger partial charge in [0.2, 0.25) is 10.0 Å². The lowest BCUT2D eigenvalue weighted by molar-refractivity contribution is 0.0570. The van der Waals surface area contributed by atoms with Crippen LogP contribution < -0.4 is 4.72 Å². The number of hydrogen-bond donors (Lipinski definition) is 1. The molecular weight excluding hydrogens is 342 g/mol. The first-order valence-corrected chi connectivity index (χ1v) is 9.74. The van der Waals surface area contributed by atoms with E-state index in [0.29, 0.717) is 13.2 Å². The van der Waals surface area contributed by atoms with Crippen LogP contribution in [0.2, 0.25) is 0 Å². The third kappa shape index (κ3) is 10.6. The zero-order valence-electron chi connectivity index (χ0n) is 15.2. The quantitative estimate of drug-likeness (QED) is 0.562. The van der Waals surface area contributed by atoms with Crippen molar-refractivity contribution in [2.24, 2.45) is 5.92 Å². The molecule has 1 aromatic rings. The molecule has 1 amide bonds. The number of allylic oxidation sites excluding steroid dienone is 1. The van der Waals surface area contributed by atoms with E-state index in [1.54, 1.807) is 39.8 Å². The molecule has 0 aliphatic heterocycles. The molecule has 0 fully saturated rings. The van der Waals surface area contributed by atoms with Crippen molar-refractivity contribution in [1.82, 2.24) is 4.72 Å². The zero-order chi connectivity index (χ0) is 18.9. The Morgan fingerprint density at radius 3 is 2.48 bits per heavy atom. The highest BCUT2D eigenvalue weighted by atomic mass is 32.2. The Kier molecular flexibility index (Phi) is 8.12. The van der Waals surface area contributed by atoms with Gasteiger partial charge in [-0.3, -0.25) is 0 Å². The van der Waals surface area contributed by atoms with E-state index in [4.69, 9.17) is 9.47 Å². The van der Waals surface area contributed by atoms with Crippen LogP contribution in [0.15, 0.2) is 42.5 Å². The minimum atomic E-state index is -3.75. The van der Waals surface area contributed by atoms with Gasteiger partial charge in [-0.2, -0.15) is 0 Å². The second-order valence-electron chi connectivity index (χ2n) is 6.79. The van der Waals surface area contributed by atoms with Crippen LogP contribution in [0.3, 0.4) is 0 Å². The molecule has 6 nitrogen and oxygen atoms in total. The molecule has 7 heteroatoms. The number of amides is 1. The van der Waals surface area contributed by atoms with E-state index in [1.807, 2.05) is 35.1 Å². The Bertz CT molecular complexity index is 662. The topological polar surface area (TPSA) is 81.7 Å². The number of rotatable bonds is 8. The molecule has 0 unspecified atom stereocenters. The summed E-state index contributed by atoms with van der Waals surface area (Å²) in [7, 11) is -3.75. The van der Waals surface area contributed by atoms with Gasteiger partial charge in [-0.15, -0.1) is 0 Å². The molecular formula is C18H27NO5S. The Balaban J connectivity index is 2.34. The number of ether oxygens (including phenoxy) is 2. The van der Waals surface area contributed by atoms with Gasteiger partial charge in [0.15, 0.2) is 0 Å². The van der Waals surface area contributed by atoms with Gasteiger partial charge < -0.3 is 9.47 Å². The van der Waals surface area contributed by atoms with Crippen LogP contribution in [0.1, 0.15) is 33.3 Å². The van der Waals surface area contributed by atoms with Crippen LogP contribution in [-0.4, -0.2) is 32.5 Å². The summed E-state index contributed by atoms with van der Waals surface area (Å²) in [5.41, 5.74) is 0.328. The molecule has 0 radical (unpaired) electrons. The molecule has 0 heterocycles. The van der Waals surface area contributed by atoms with Gasteiger partial charge in [-0.05, 0) is 32.3 Å². The number of hydrogen-bond acceptors (Lipinski definition) is 5. The fourth-order valence-electron chi connectivity index (χ4n) is 1.98. The summed E-state index contributed by atoms with van der Waals surface area (Å²) in [6.07, 6.45) is 2.56. The Morgan fingerprint density at radius 1 is 1.24 bits per heavy atom. The van der Waals surface area contributed by atoms with Crippen LogP contribution in [-0.2, 0) is 26.1 Å². The second kappa shape index (κ2) is 9.58. The normalized spacial score (nSPS) is 13.6. The number of benzene rings is 1. The molecule has 0 aromatic heterocycles. The summed E-state index contributed by atoms with van der Waals surface area (Å²) < 4.78 is 36.2. The summed E-state index contributed by atoms with van der Waals surface area (Å²) in [5, 5.41) is 0. The highest BCUT2D eigenvalue weighted by molar-refractivity contribution is 7.90. The van der Waals surface area contributed by atoms with E-state index >= 15 is 0 Å². The molecule has 1 atom stereocenters. The van der Waals surface area contributed by atoms with Gasteiger partial charge in [0.05, 0.1) is 19.0 Å². The number of nitrogens with one attached hydrogen (secondary N) is 1. The van der Waals surface area contributed by atoms with Gasteiger partial charge in [0, 0.05) is 0 Å². The molecule has 25 heavy (non-hydrogen) atoms. The minimum Gasteiger partial charge on any atom is -0.443 e. The highest BCUT2D eigenvalue weighted by Crippen LogP contribution is 2.08. The second-order valence-corrected chi connectivity index (χ2v) is 8.56. The molecule has 0 bridgehead atoms. The molecule has 140 valence electrons. The average molecular weight is 369 g/mol. The van der Waals surface area contributed by atoms with Gasteiger partial charge in [0.25, 0.3) is 0 Å². The van der Waals surface area contributed by atoms with Crippen molar-refractivity contribution in [3.8, 4) is 0 Å². The van der Waals surface area contributed by atoms with Crippen molar-refractivity contribution < 1.29 is 22.7 Å². The van der Waals surface area contributed by atoms with Crippen molar-refractivity contribution in [3.63, 3.8) is 0 Å². The maximum atomic E-state index is 11.9. The van der Waals surface area contributed by atoms with Crippen molar-refractivity contribution in [2.75, 3.05) is 12.4 Å². The van der Waals surface area contributed by atoms with Gasteiger partial charge >= 0.3 is 6.09 Å². The summed E-state index contributed by atoms with van der Waals surface area (Å²) >= 11 is 0. The Hall–Kier alpha value is -1.86. The first-order valence-electron chi connectivity index (χ1n) is 8.09. The lowest BCUT2D eigenvalue weighted by Gasteiger charge is -2.19. The molecule has 0 saturated heterocycles. The molecule has 0 aliphatic carbocycles. The molecule has 0 spiro atoms. The minimum absolute atomic E-state index is 0.207. The van der Waals surface area contributed by atoms with E-state index in [2.05, 4.69) is 0 Å². The maximum absolute atomic E-state index is 11.9. The third-order valence-electron chi connectivity index (χ3n) is 2.91. The first-order chi connectivity index (χ1) is 11.6. The SMILES string of the molecule is C[C@H](/C=C\COCc1ccccc1)CS(=O)(=O)NC(=O)OC(C)(C)C. The van der Waals surface area contributed by atoms with Crippen molar-refractivity contribution >= 4 is 16.1 Å². The van der Waals surface area contributed by atoms with E-state index in [0.717, 1.165) is 5.56 Å². The number of carbonyl (C=O) groups is 1. The fraction of sp³-hybridized carbons (Fsp3) is 0.500. The maximum Gasteiger partial charge on any atom is 0.421 e. The van der Waals surface area contributed by atoms with Crippen LogP contribution in [0.5, 0.6) is 0 Å². The zero-order valence-corrected chi connectivity index (χ0v) is 16.0. The van der Waals surface area contributed by atoms with Gasteiger partial charge in [0.1, 0.15) is 5.60 Å². The van der Waals surface area contributed by atoms with E-state index < -0.39 is 21.7 Å². The van der Waals surface area contributed by atoms with Gasteiger partial charge in [-0.1, -0.05) is 49.4 Å². The summed E-state index contributed by atoms with van der Waals surface area (Å²) in [4.78, 5) is 11.5. The van der Waals surface area contributed by atoms with Crippen LogP contribution in [0, 0.1) is 5.92 Å². The molecule has 0 saturated carbocycles. The van der Waals surface area contributed by atoms with E-state index in [9.17, 15) is 13.2 Å². The molecule has 1 N–H and O–H groups in total. The van der Waals surface area contributed by atoms with E-state index in [-0.39, 0.29) is 11.7 Å². The standard InChI is InChI=1S/C18H27NO5S/c1-15(9-8-12-23-13-16-10-6-5-7-11-16)14-25(21,22)19-17(20)24-18(2,3)4/h5-11,15H,12-14H2,1-4H3,(H,19,20)/b9-8-/t15-/m1/s1. The smallest absolute Gasteiger partial charge is 0.421 e. The predicted octanol–water partition coefficient (Wildman–Crippen LogP) is 3.25. The fourth-order valence-corrected chi connectivity index (χ4v) is 3.16. The predicted molar refractivity (Wildman–Crippen MR) is 97.6 cm³/mol. The lowest BCUT2D eigenvalue weighted by atomic mass is 10.2.